The highest BCUT2D eigenvalue weighted by Gasteiger charge is 2.25. The van der Waals surface area contributed by atoms with E-state index in [2.05, 4.69) is 4.98 Å². The predicted octanol–water partition coefficient (Wildman–Crippen LogP) is 7.28. The van der Waals surface area contributed by atoms with E-state index in [1.165, 1.54) is 0 Å². The molecule has 3 rings (SSSR count). The molecule has 2 aromatic carbocycles. The molecule has 0 aliphatic rings. The molecule has 140 valence electrons. The molecule has 3 aromatic rings. The average molecular weight is 481 g/mol. The molecule has 1 heterocycles. The van der Waals surface area contributed by atoms with Crippen LogP contribution in [0.5, 0.6) is 0 Å². The summed E-state index contributed by atoms with van der Waals surface area (Å²) in [7, 11) is 0. The summed E-state index contributed by atoms with van der Waals surface area (Å²) in [5.41, 5.74) is 1.16. The molecule has 0 amide bonds. The van der Waals surface area contributed by atoms with E-state index in [0.29, 0.717) is 6.54 Å². The third-order valence-electron chi connectivity index (χ3n) is 3.77. The number of ether oxygens (including phenoxy) is 1. The van der Waals surface area contributed by atoms with Crippen molar-refractivity contribution in [1.29, 1.82) is 0 Å². The Morgan fingerprint density at radius 2 is 1.56 bits per heavy atom. The highest BCUT2D eigenvalue weighted by Crippen LogP contribution is 2.44. The van der Waals surface area contributed by atoms with Gasteiger partial charge in [-0.3, -0.25) is 0 Å². The van der Waals surface area contributed by atoms with Gasteiger partial charge in [-0.1, -0.05) is 88.3 Å². The van der Waals surface area contributed by atoms with E-state index in [4.69, 9.17) is 75.0 Å². The van der Waals surface area contributed by atoms with Crippen molar-refractivity contribution in [3.8, 4) is 0 Å². The number of hydrogen-bond donors (Lipinski definition) is 0. The Morgan fingerprint density at radius 1 is 0.963 bits per heavy atom. The number of aromatic nitrogens is 2. The zero-order chi connectivity index (χ0) is 19.6. The first-order valence-electron chi connectivity index (χ1n) is 7.63. The fourth-order valence-corrected chi connectivity index (χ4v) is 4.18. The number of thiocarbonyl (C=S) groups is 1. The second-order valence-electron chi connectivity index (χ2n) is 5.51. The SMILES string of the molecule is S=C(OC(Cn1ccnc1)c1ccccc1)c1c(Cl)c(Cl)c(Cl)c(Cl)c1Cl. The van der Waals surface area contributed by atoms with Crippen LogP contribution in [0.25, 0.3) is 0 Å². The van der Waals surface area contributed by atoms with Crippen LogP contribution in [-0.2, 0) is 11.3 Å². The molecule has 0 N–H and O–H groups in total. The molecule has 0 aliphatic heterocycles. The molecular formula is C18H11Cl5N2OS. The van der Waals surface area contributed by atoms with Crippen LogP contribution in [-0.4, -0.2) is 14.6 Å². The lowest BCUT2D eigenvalue weighted by atomic mass is 10.1. The standard InChI is InChI=1S/C18H11Cl5N2OS/c19-13-12(14(20)16(22)17(23)15(13)21)18(27)26-11(8-25-7-6-24-9-25)10-4-2-1-3-5-10/h1-7,9,11H,8H2. The minimum atomic E-state index is -0.409. The summed E-state index contributed by atoms with van der Waals surface area (Å²) in [6.07, 6.45) is 4.80. The van der Waals surface area contributed by atoms with E-state index < -0.39 is 6.10 Å². The van der Waals surface area contributed by atoms with E-state index in [1.807, 2.05) is 41.1 Å². The lowest BCUT2D eigenvalue weighted by Gasteiger charge is -2.22. The van der Waals surface area contributed by atoms with E-state index in [0.717, 1.165) is 5.56 Å². The summed E-state index contributed by atoms with van der Waals surface area (Å²) in [5, 5.41) is 0.461. The minimum Gasteiger partial charge on any atom is -0.473 e. The van der Waals surface area contributed by atoms with Gasteiger partial charge in [-0.2, -0.15) is 0 Å². The van der Waals surface area contributed by atoms with Crippen LogP contribution in [0.2, 0.25) is 25.1 Å². The monoisotopic (exact) mass is 478 g/mol. The Morgan fingerprint density at radius 3 is 2.11 bits per heavy atom. The van der Waals surface area contributed by atoms with Crippen molar-refractivity contribution in [2.45, 2.75) is 12.6 Å². The second kappa shape index (κ2) is 8.99. The van der Waals surface area contributed by atoms with Gasteiger partial charge in [-0.05, 0) is 17.8 Å². The molecule has 0 radical (unpaired) electrons. The molecule has 0 bridgehead atoms. The lowest BCUT2D eigenvalue weighted by molar-refractivity contribution is 0.176. The maximum absolute atomic E-state index is 6.30. The van der Waals surface area contributed by atoms with Crippen LogP contribution in [0.1, 0.15) is 17.2 Å². The molecule has 3 nitrogen and oxygen atoms in total. The van der Waals surface area contributed by atoms with Crippen LogP contribution in [0.3, 0.4) is 0 Å². The van der Waals surface area contributed by atoms with Gasteiger partial charge in [0.1, 0.15) is 6.10 Å². The largest absolute Gasteiger partial charge is 0.473 e. The first-order valence-corrected chi connectivity index (χ1v) is 9.93. The van der Waals surface area contributed by atoms with Gasteiger partial charge in [-0.15, -0.1) is 0 Å². The van der Waals surface area contributed by atoms with Crippen molar-refractivity contribution in [3.63, 3.8) is 0 Å². The summed E-state index contributed by atoms with van der Waals surface area (Å²) in [6.45, 7) is 0.481. The predicted molar refractivity (Wildman–Crippen MR) is 116 cm³/mol. The molecule has 9 heteroatoms. The minimum absolute atomic E-state index is 0.0675. The van der Waals surface area contributed by atoms with Gasteiger partial charge >= 0.3 is 0 Å². The number of nitrogens with zero attached hydrogens (tertiary/aromatic N) is 2. The third-order valence-corrected chi connectivity index (χ3v) is 6.35. The number of hydrogen-bond acceptors (Lipinski definition) is 3. The van der Waals surface area contributed by atoms with Gasteiger partial charge in [-0.25, -0.2) is 4.98 Å². The Balaban J connectivity index is 1.96. The number of halogens is 5. The number of imidazole rings is 1. The van der Waals surface area contributed by atoms with Crippen molar-refractivity contribution in [1.82, 2.24) is 9.55 Å². The summed E-state index contributed by atoms with van der Waals surface area (Å²) in [6, 6.07) is 9.63. The van der Waals surface area contributed by atoms with Crippen molar-refractivity contribution in [2.24, 2.45) is 0 Å². The zero-order valence-corrected chi connectivity index (χ0v) is 18.1. The van der Waals surface area contributed by atoms with Crippen LogP contribution >= 0.6 is 70.2 Å². The molecular weight excluding hydrogens is 470 g/mol. The summed E-state index contributed by atoms with van der Waals surface area (Å²) >= 11 is 36.4. The first-order chi connectivity index (χ1) is 12.9. The zero-order valence-electron chi connectivity index (χ0n) is 13.5. The molecule has 0 saturated carbocycles. The van der Waals surface area contributed by atoms with Crippen LogP contribution < -0.4 is 0 Å². The maximum Gasteiger partial charge on any atom is 0.195 e. The van der Waals surface area contributed by atoms with Crippen molar-refractivity contribution in [2.75, 3.05) is 0 Å². The van der Waals surface area contributed by atoms with Crippen LogP contribution in [0, 0.1) is 0 Å². The normalized spacial score (nSPS) is 12.0. The highest BCUT2D eigenvalue weighted by atomic mass is 35.5. The molecule has 0 saturated heterocycles. The Hall–Kier alpha value is -1.01. The summed E-state index contributed by atoms with van der Waals surface area (Å²) in [5.74, 6) is 0. The average Bonchev–Trinajstić information content (AvgIpc) is 3.18. The van der Waals surface area contributed by atoms with Gasteiger partial charge in [0.25, 0.3) is 0 Å². The van der Waals surface area contributed by atoms with Gasteiger partial charge < -0.3 is 9.30 Å². The fourth-order valence-electron chi connectivity index (χ4n) is 2.44. The highest BCUT2D eigenvalue weighted by molar-refractivity contribution is 7.80. The van der Waals surface area contributed by atoms with E-state index in [1.54, 1.807) is 12.5 Å². The smallest absolute Gasteiger partial charge is 0.195 e. The quantitative estimate of drug-likeness (QED) is 0.218. The Kier molecular flexibility index (Phi) is 6.90. The summed E-state index contributed by atoms with van der Waals surface area (Å²) < 4.78 is 7.94. The summed E-state index contributed by atoms with van der Waals surface area (Å²) in [4.78, 5) is 4.05. The van der Waals surface area contributed by atoms with E-state index in [-0.39, 0.29) is 35.7 Å². The van der Waals surface area contributed by atoms with E-state index >= 15 is 0 Å². The Bertz CT molecular complexity index is 935. The molecule has 27 heavy (non-hydrogen) atoms. The van der Waals surface area contributed by atoms with Crippen LogP contribution in [0.15, 0.2) is 49.1 Å². The molecule has 1 atom stereocenters. The van der Waals surface area contributed by atoms with Gasteiger partial charge in [0, 0.05) is 12.4 Å². The Labute approximate surface area is 186 Å². The first kappa shape index (κ1) is 20.7. The third kappa shape index (κ3) is 4.53. The number of rotatable bonds is 5. The molecule has 1 aromatic heterocycles. The van der Waals surface area contributed by atoms with Gasteiger partial charge in [0.2, 0.25) is 0 Å². The van der Waals surface area contributed by atoms with Gasteiger partial charge in [0.15, 0.2) is 5.05 Å². The molecule has 1 unspecified atom stereocenters. The topological polar surface area (TPSA) is 27.1 Å². The lowest BCUT2D eigenvalue weighted by Crippen LogP contribution is -2.17. The molecule has 0 spiro atoms. The maximum atomic E-state index is 6.30. The fraction of sp³-hybridized carbons (Fsp3) is 0.111. The molecule has 0 aliphatic carbocycles. The van der Waals surface area contributed by atoms with Crippen LogP contribution in [0.4, 0.5) is 0 Å². The van der Waals surface area contributed by atoms with Crippen molar-refractivity contribution in [3.05, 3.63) is 85.3 Å². The van der Waals surface area contributed by atoms with Crippen molar-refractivity contribution >= 4 is 75.3 Å². The molecule has 0 fully saturated rings. The second-order valence-corrected chi connectivity index (χ2v) is 7.77. The van der Waals surface area contributed by atoms with Crippen molar-refractivity contribution < 1.29 is 4.74 Å². The van der Waals surface area contributed by atoms with E-state index in [9.17, 15) is 0 Å². The number of benzene rings is 2. The van der Waals surface area contributed by atoms with Gasteiger partial charge in [0.05, 0.1) is 43.5 Å².